The molecule has 0 bridgehead atoms. The van der Waals surface area contributed by atoms with Gasteiger partial charge in [0.2, 0.25) is 0 Å². The van der Waals surface area contributed by atoms with Crippen molar-refractivity contribution in [2.75, 3.05) is 39.4 Å². The van der Waals surface area contributed by atoms with Crippen LogP contribution in [0, 0.1) is 0 Å². The molecule has 0 spiro atoms. The third kappa shape index (κ3) is 5.48. The van der Waals surface area contributed by atoms with Gasteiger partial charge in [0.05, 0.1) is 18.2 Å². The van der Waals surface area contributed by atoms with Crippen LogP contribution in [0.4, 0.5) is 0 Å². The summed E-state index contributed by atoms with van der Waals surface area (Å²) in [5, 5.41) is 3.41. The molecule has 2 rings (SSSR count). The summed E-state index contributed by atoms with van der Waals surface area (Å²) < 4.78 is 10.9. The number of para-hydroxylation sites is 1. The minimum absolute atomic E-state index is 0.123. The van der Waals surface area contributed by atoms with Gasteiger partial charge in [0, 0.05) is 19.6 Å². The van der Waals surface area contributed by atoms with Gasteiger partial charge in [-0.15, -0.1) is 0 Å². The van der Waals surface area contributed by atoms with Gasteiger partial charge in [0.1, 0.15) is 5.75 Å². The zero-order chi connectivity index (χ0) is 15.8. The quantitative estimate of drug-likeness (QED) is 0.778. The molecule has 6 heteroatoms. The lowest BCUT2D eigenvalue weighted by Gasteiger charge is -2.26. The summed E-state index contributed by atoms with van der Waals surface area (Å²) in [4.78, 5) is 14.3. The number of carbonyl (C=O) groups is 1. The lowest BCUT2D eigenvalue weighted by Crippen LogP contribution is -2.40. The maximum atomic E-state index is 12.0. The van der Waals surface area contributed by atoms with Crippen LogP contribution in [0.1, 0.15) is 13.3 Å². The van der Waals surface area contributed by atoms with Crippen LogP contribution in [0.5, 0.6) is 5.75 Å². The molecule has 1 aliphatic rings. The topological polar surface area (TPSA) is 50.8 Å². The summed E-state index contributed by atoms with van der Waals surface area (Å²) in [6.45, 7) is 6.89. The molecule has 0 aliphatic carbocycles. The van der Waals surface area contributed by atoms with E-state index in [1.807, 2.05) is 12.1 Å². The van der Waals surface area contributed by atoms with Crippen molar-refractivity contribution in [1.82, 2.24) is 10.2 Å². The van der Waals surface area contributed by atoms with E-state index in [9.17, 15) is 4.79 Å². The summed E-state index contributed by atoms with van der Waals surface area (Å²) in [6.07, 6.45) is 0.355. The number of benzene rings is 1. The Morgan fingerprint density at radius 2 is 2.14 bits per heavy atom. The Morgan fingerprint density at radius 1 is 1.41 bits per heavy atom. The van der Waals surface area contributed by atoms with Crippen LogP contribution in [-0.4, -0.2) is 56.3 Å². The zero-order valence-corrected chi connectivity index (χ0v) is 13.6. The van der Waals surface area contributed by atoms with Crippen molar-refractivity contribution in [3.8, 4) is 5.75 Å². The molecule has 1 N–H and O–H groups in total. The van der Waals surface area contributed by atoms with E-state index in [0.29, 0.717) is 17.3 Å². The van der Waals surface area contributed by atoms with E-state index >= 15 is 0 Å². The molecule has 1 aromatic rings. The molecule has 1 amide bonds. The number of halogens is 1. The molecule has 1 saturated heterocycles. The molecule has 122 valence electrons. The molecule has 22 heavy (non-hydrogen) atoms. The Labute approximate surface area is 136 Å². The van der Waals surface area contributed by atoms with Crippen LogP contribution in [0.15, 0.2) is 24.3 Å². The number of nitrogens with one attached hydrogen (secondary N) is 1. The standard InChI is InChI=1S/C16H23ClN2O3/c1-13(22-15-6-3-2-5-14(15)17)16(20)18-7-4-8-19-9-11-21-12-10-19/h2-3,5-6,13H,4,7-12H2,1H3,(H,18,20)/t13-/m1/s1. The average molecular weight is 327 g/mol. The fourth-order valence-electron chi connectivity index (χ4n) is 2.27. The highest BCUT2D eigenvalue weighted by molar-refractivity contribution is 6.32. The van der Waals surface area contributed by atoms with Crippen molar-refractivity contribution in [1.29, 1.82) is 0 Å². The Bertz CT molecular complexity index is 478. The second-order valence-corrected chi connectivity index (χ2v) is 5.70. The second kappa shape index (κ2) is 8.98. The average Bonchev–Trinajstić information content (AvgIpc) is 2.54. The Kier molecular flexibility index (Phi) is 6.96. The van der Waals surface area contributed by atoms with Gasteiger partial charge < -0.3 is 14.8 Å². The monoisotopic (exact) mass is 326 g/mol. The van der Waals surface area contributed by atoms with Gasteiger partial charge in [0.25, 0.3) is 5.91 Å². The Balaban J connectivity index is 1.65. The van der Waals surface area contributed by atoms with Crippen LogP contribution >= 0.6 is 11.6 Å². The van der Waals surface area contributed by atoms with Crippen LogP contribution in [0.25, 0.3) is 0 Å². The molecule has 1 aromatic carbocycles. The van der Waals surface area contributed by atoms with E-state index in [0.717, 1.165) is 39.3 Å². The van der Waals surface area contributed by atoms with E-state index in [-0.39, 0.29) is 5.91 Å². The normalized spacial score (nSPS) is 17.0. The first kappa shape index (κ1) is 17.1. The van der Waals surface area contributed by atoms with Gasteiger partial charge in [-0.3, -0.25) is 9.69 Å². The van der Waals surface area contributed by atoms with E-state index in [4.69, 9.17) is 21.1 Å². The summed E-state index contributed by atoms with van der Waals surface area (Å²) in [5.74, 6) is 0.405. The molecule has 0 aromatic heterocycles. The summed E-state index contributed by atoms with van der Waals surface area (Å²) in [6, 6.07) is 7.15. The number of nitrogens with zero attached hydrogens (tertiary/aromatic N) is 1. The van der Waals surface area contributed by atoms with E-state index in [1.165, 1.54) is 0 Å². The van der Waals surface area contributed by atoms with Crippen molar-refractivity contribution in [3.05, 3.63) is 29.3 Å². The highest BCUT2D eigenvalue weighted by atomic mass is 35.5. The van der Waals surface area contributed by atoms with Gasteiger partial charge in [0.15, 0.2) is 6.10 Å². The molecule has 5 nitrogen and oxygen atoms in total. The fourth-order valence-corrected chi connectivity index (χ4v) is 2.45. The summed E-state index contributed by atoms with van der Waals surface area (Å²) in [7, 11) is 0. The largest absolute Gasteiger partial charge is 0.479 e. The molecule has 1 aliphatic heterocycles. The third-order valence-electron chi connectivity index (χ3n) is 3.56. The predicted molar refractivity (Wildman–Crippen MR) is 86.4 cm³/mol. The predicted octanol–water partition coefficient (Wildman–Crippen LogP) is 1.95. The summed E-state index contributed by atoms with van der Waals surface area (Å²) >= 11 is 6.01. The highest BCUT2D eigenvalue weighted by Gasteiger charge is 2.15. The molecule has 0 radical (unpaired) electrons. The van der Waals surface area contributed by atoms with E-state index in [1.54, 1.807) is 19.1 Å². The number of hydrogen-bond donors (Lipinski definition) is 1. The van der Waals surface area contributed by atoms with Gasteiger partial charge in [-0.1, -0.05) is 23.7 Å². The zero-order valence-electron chi connectivity index (χ0n) is 12.9. The van der Waals surface area contributed by atoms with Crippen molar-refractivity contribution < 1.29 is 14.3 Å². The van der Waals surface area contributed by atoms with Crippen LogP contribution in [0.3, 0.4) is 0 Å². The molecule has 1 fully saturated rings. The molecule has 0 saturated carbocycles. The number of morpholine rings is 1. The number of amides is 1. The first-order valence-electron chi connectivity index (χ1n) is 7.66. The highest BCUT2D eigenvalue weighted by Crippen LogP contribution is 2.24. The maximum Gasteiger partial charge on any atom is 0.260 e. The maximum absolute atomic E-state index is 12.0. The van der Waals surface area contributed by atoms with Gasteiger partial charge in [-0.05, 0) is 32.0 Å². The first-order chi connectivity index (χ1) is 10.7. The third-order valence-corrected chi connectivity index (χ3v) is 3.88. The lowest BCUT2D eigenvalue weighted by molar-refractivity contribution is -0.127. The number of hydrogen-bond acceptors (Lipinski definition) is 4. The molecular weight excluding hydrogens is 304 g/mol. The van der Waals surface area contributed by atoms with E-state index < -0.39 is 6.10 Å². The van der Waals surface area contributed by atoms with Crippen LogP contribution < -0.4 is 10.1 Å². The van der Waals surface area contributed by atoms with Crippen LogP contribution in [-0.2, 0) is 9.53 Å². The van der Waals surface area contributed by atoms with E-state index in [2.05, 4.69) is 10.2 Å². The smallest absolute Gasteiger partial charge is 0.260 e. The Morgan fingerprint density at radius 3 is 2.86 bits per heavy atom. The second-order valence-electron chi connectivity index (χ2n) is 5.29. The first-order valence-corrected chi connectivity index (χ1v) is 8.03. The Hall–Kier alpha value is -1.30. The minimum Gasteiger partial charge on any atom is -0.479 e. The minimum atomic E-state index is -0.566. The fraction of sp³-hybridized carbons (Fsp3) is 0.562. The van der Waals surface area contributed by atoms with Crippen molar-refractivity contribution in [2.45, 2.75) is 19.4 Å². The van der Waals surface area contributed by atoms with Gasteiger partial charge in [-0.2, -0.15) is 0 Å². The number of rotatable bonds is 7. The molecular formula is C16H23ClN2O3. The molecule has 0 unspecified atom stereocenters. The lowest BCUT2D eigenvalue weighted by atomic mass is 10.3. The SMILES string of the molecule is C[C@@H](Oc1ccccc1Cl)C(=O)NCCCN1CCOCC1. The summed E-state index contributed by atoms with van der Waals surface area (Å²) in [5.41, 5.74) is 0. The molecule has 1 heterocycles. The number of carbonyl (C=O) groups excluding carboxylic acids is 1. The van der Waals surface area contributed by atoms with Crippen molar-refractivity contribution in [3.63, 3.8) is 0 Å². The van der Waals surface area contributed by atoms with Gasteiger partial charge in [-0.25, -0.2) is 0 Å². The van der Waals surface area contributed by atoms with Crippen LogP contribution in [0.2, 0.25) is 5.02 Å². The van der Waals surface area contributed by atoms with Gasteiger partial charge >= 0.3 is 0 Å². The molecule has 1 atom stereocenters. The van der Waals surface area contributed by atoms with Crippen molar-refractivity contribution >= 4 is 17.5 Å². The van der Waals surface area contributed by atoms with Crippen molar-refractivity contribution in [2.24, 2.45) is 0 Å². The number of ether oxygens (including phenoxy) is 2.